The van der Waals surface area contributed by atoms with Crippen LogP contribution in [-0.2, 0) is 14.8 Å². The van der Waals surface area contributed by atoms with Crippen LogP contribution in [0.25, 0.3) is 0 Å². The molecule has 0 aromatic carbocycles. The number of nitrogens with zero attached hydrogens (tertiary/aromatic N) is 2. The minimum absolute atomic E-state index is 0.232. The summed E-state index contributed by atoms with van der Waals surface area (Å²) in [6.07, 6.45) is -0.412. The molecule has 1 aliphatic rings. The fraction of sp³-hybridized carbons (Fsp3) is 0.615. The first-order chi connectivity index (χ1) is 10.1. The van der Waals surface area contributed by atoms with E-state index in [1.54, 1.807) is 26.2 Å². The molecular formula is C13H21N3O4S2. The minimum atomic E-state index is -3.53. The van der Waals surface area contributed by atoms with E-state index >= 15 is 0 Å². The highest BCUT2D eigenvalue weighted by Crippen LogP contribution is 2.26. The molecule has 0 spiro atoms. The number of piperazine rings is 1. The van der Waals surface area contributed by atoms with E-state index in [0.29, 0.717) is 18.8 Å². The number of sulfonamides is 1. The van der Waals surface area contributed by atoms with Gasteiger partial charge in [0.05, 0.1) is 0 Å². The molecule has 1 aromatic rings. The zero-order valence-electron chi connectivity index (χ0n) is 12.9. The van der Waals surface area contributed by atoms with Gasteiger partial charge in [0.15, 0.2) is 0 Å². The Balaban J connectivity index is 1.99. The topological polar surface area (TPSA) is 92.9 Å². The molecule has 1 amide bonds. The second-order valence-corrected chi connectivity index (χ2v) is 9.15. The second-order valence-electron chi connectivity index (χ2n) is 6.07. The van der Waals surface area contributed by atoms with Crippen LogP contribution >= 0.6 is 11.3 Å². The van der Waals surface area contributed by atoms with Crippen molar-refractivity contribution in [1.82, 2.24) is 9.21 Å². The smallest absolute Gasteiger partial charge is 0.410 e. The van der Waals surface area contributed by atoms with E-state index in [0.717, 1.165) is 11.3 Å². The Morgan fingerprint density at radius 1 is 1.27 bits per heavy atom. The van der Waals surface area contributed by atoms with Gasteiger partial charge in [0.1, 0.15) is 9.81 Å². The summed E-state index contributed by atoms with van der Waals surface area (Å²) < 4.78 is 31.8. The summed E-state index contributed by atoms with van der Waals surface area (Å²) in [6.45, 7) is 6.52. The van der Waals surface area contributed by atoms with Crippen LogP contribution in [0.5, 0.6) is 0 Å². The van der Waals surface area contributed by atoms with Gasteiger partial charge in [-0.2, -0.15) is 4.31 Å². The number of rotatable bonds is 2. The molecule has 2 heterocycles. The number of hydrogen-bond donors (Lipinski definition) is 1. The summed E-state index contributed by atoms with van der Waals surface area (Å²) in [5, 5.41) is 1.60. The van der Waals surface area contributed by atoms with Gasteiger partial charge in [-0.25, -0.2) is 13.2 Å². The van der Waals surface area contributed by atoms with E-state index in [1.807, 2.05) is 0 Å². The number of carbonyl (C=O) groups is 1. The molecule has 9 heteroatoms. The summed E-state index contributed by atoms with van der Waals surface area (Å²) in [4.78, 5) is 13.5. The van der Waals surface area contributed by atoms with Crippen LogP contribution in [0, 0.1) is 0 Å². The highest BCUT2D eigenvalue weighted by molar-refractivity contribution is 7.91. The SMILES string of the molecule is CC(C)(C)OC(=O)N1CCN(S(=O)(=O)c2cc(N)cs2)CC1. The normalized spacial score (nSPS) is 17.5. The van der Waals surface area contributed by atoms with Gasteiger partial charge in [-0.3, -0.25) is 0 Å². The fourth-order valence-corrected chi connectivity index (χ4v) is 4.69. The highest BCUT2D eigenvalue weighted by atomic mass is 32.2. The maximum Gasteiger partial charge on any atom is 0.410 e. The summed E-state index contributed by atoms with van der Waals surface area (Å²) in [7, 11) is -3.53. The average molecular weight is 347 g/mol. The molecule has 1 aliphatic heterocycles. The van der Waals surface area contributed by atoms with Gasteiger partial charge in [-0.15, -0.1) is 11.3 Å². The third-order valence-electron chi connectivity index (χ3n) is 3.08. The largest absolute Gasteiger partial charge is 0.444 e. The molecule has 2 rings (SSSR count). The van der Waals surface area contributed by atoms with Gasteiger partial charge in [-0.1, -0.05) is 0 Å². The molecule has 0 unspecified atom stereocenters. The molecule has 124 valence electrons. The number of thiophene rings is 1. The van der Waals surface area contributed by atoms with Crippen LogP contribution < -0.4 is 5.73 Å². The second kappa shape index (κ2) is 6.05. The zero-order valence-corrected chi connectivity index (χ0v) is 14.5. The van der Waals surface area contributed by atoms with Crippen LogP contribution in [0.4, 0.5) is 10.5 Å². The third-order valence-corrected chi connectivity index (χ3v) is 6.41. The van der Waals surface area contributed by atoms with Crippen molar-refractivity contribution in [3.05, 3.63) is 11.4 Å². The Kier molecular flexibility index (Phi) is 4.69. The van der Waals surface area contributed by atoms with Gasteiger partial charge >= 0.3 is 6.09 Å². The number of ether oxygens (including phenoxy) is 1. The molecule has 0 bridgehead atoms. The standard InChI is InChI=1S/C13H21N3O4S2/c1-13(2,3)20-12(17)15-4-6-16(7-5-15)22(18,19)11-8-10(14)9-21-11/h8-9H,4-7,14H2,1-3H3. The van der Waals surface area contributed by atoms with Gasteiger partial charge in [0.2, 0.25) is 0 Å². The zero-order chi connectivity index (χ0) is 16.5. The maximum atomic E-state index is 12.5. The number of nitrogen functional groups attached to an aromatic ring is 1. The van der Waals surface area contributed by atoms with E-state index < -0.39 is 21.7 Å². The van der Waals surface area contributed by atoms with Crippen molar-refractivity contribution >= 4 is 33.1 Å². The van der Waals surface area contributed by atoms with Crippen molar-refractivity contribution in [1.29, 1.82) is 0 Å². The van der Waals surface area contributed by atoms with Gasteiger partial charge in [0.25, 0.3) is 10.0 Å². The first kappa shape index (κ1) is 17.0. The van der Waals surface area contributed by atoms with Gasteiger partial charge < -0.3 is 15.4 Å². The maximum absolute atomic E-state index is 12.5. The van der Waals surface area contributed by atoms with Crippen LogP contribution in [0.15, 0.2) is 15.7 Å². The highest BCUT2D eigenvalue weighted by Gasteiger charge is 2.32. The first-order valence-corrected chi connectivity index (χ1v) is 9.24. The van der Waals surface area contributed by atoms with Crippen LogP contribution in [-0.4, -0.2) is 55.5 Å². The molecule has 2 N–H and O–H groups in total. The number of hydrogen-bond acceptors (Lipinski definition) is 6. The van der Waals surface area contributed by atoms with E-state index in [4.69, 9.17) is 10.5 Å². The molecular weight excluding hydrogens is 326 g/mol. The summed E-state index contributed by atoms with van der Waals surface area (Å²) >= 11 is 1.11. The van der Waals surface area contributed by atoms with Crippen molar-refractivity contribution in [3.8, 4) is 0 Å². The number of amides is 1. The van der Waals surface area contributed by atoms with Crippen molar-refractivity contribution < 1.29 is 17.9 Å². The van der Waals surface area contributed by atoms with Gasteiger partial charge in [-0.05, 0) is 26.8 Å². The molecule has 7 nitrogen and oxygen atoms in total. The quantitative estimate of drug-likeness (QED) is 0.876. The summed E-state index contributed by atoms with van der Waals surface area (Å²) in [6, 6.07) is 1.46. The van der Waals surface area contributed by atoms with Gasteiger partial charge in [0, 0.05) is 37.2 Å². The number of carbonyl (C=O) groups excluding carboxylic acids is 1. The van der Waals surface area contributed by atoms with Crippen LogP contribution in [0.3, 0.4) is 0 Å². The van der Waals surface area contributed by atoms with Crippen LogP contribution in [0.2, 0.25) is 0 Å². The molecule has 1 saturated heterocycles. The fourth-order valence-electron chi connectivity index (χ4n) is 2.03. The Morgan fingerprint density at radius 3 is 2.32 bits per heavy atom. The molecule has 0 atom stereocenters. The van der Waals surface area contributed by atoms with E-state index in [1.165, 1.54) is 15.3 Å². The van der Waals surface area contributed by atoms with Crippen molar-refractivity contribution in [3.63, 3.8) is 0 Å². The molecule has 0 saturated carbocycles. The third kappa shape index (κ3) is 3.90. The Morgan fingerprint density at radius 2 is 1.86 bits per heavy atom. The van der Waals surface area contributed by atoms with E-state index in [9.17, 15) is 13.2 Å². The molecule has 1 aromatic heterocycles. The van der Waals surface area contributed by atoms with Crippen molar-refractivity contribution in [2.45, 2.75) is 30.6 Å². The number of anilines is 1. The lowest BCUT2D eigenvalue weighted by Gasteiger charge is -2.34. The lowest BCUT2D eigenvalue weighted by atomic mass is 10.2. The number of nitrogens with two attached hydrogens (primary N) is 1. The molecule has 1 fully saturated rings. The summed E-state index contributed by atoms with van der Waals surface area (Å²) in [5.41, 5.74) is 5.46. The molecule has 22 heavy (non-hydrogen) atoms. The Bertz CT molecular complexity index is 640. The summed E-state index contributed by atoms with van der Waals surface area (Å²) in [5.74, 6) is 0. The van der Waals surface area contributed by atoms with E-state index in [2.05, 4.69) is 0 Å². The van der Waals surface area contributed by atoms with Crippen molar-refractivity contribution in [2.75, 3.05) is 31.9 Å². The molecule has 0 radical (unpaired) electrons. The lowest BCUT2D eigenvalue weighted by molar-refractivity contribution is 0.0192. The average Bonchev–Trinajstić information content (AvgIpc) is 2.84. The van der Waals surface area contributed by atoms with E-state index in [-0.39, 0.29) is 17.3 Å². The monoisotopic (exact) mass is 347 g/mol. The Hall–Kier alpha value is -1.32. The predicted molar refractivity (Wildman–Crippen MR) is 85.3 cm³/mol. The minimum Gasteiger partial charge on any atom is -0.444 e. The molecule has 0 aliphatic carbocycles. The Labute approximate surface area is 134 Å². The lowest BCUT2D eigenvalue weighted by Crippen LogP contribution is -2.51. The first-order valence-electron chi connectivity index (χ1n) is 6.92. The van der Waals surface area contributed by atoms with Crippen LogP contribution in [0.1, 0.15) is 20.8 Å². The predicted octanol–water partition coefficient (Wildman–Crippen LogP) is 1.57. The van der Waals surface area contributed by atoms with Crippen molar-refractivity contribution in [2.24, 2.45) is 0 Å².